The molecule has 0 radical (unpaired) electrons. The summed E-state index contributed by atoms with van der Waals surface area (Å²) in [7, 11) is 0. The van der Waals surface area contributed by atoms with Gasteiger partial charge < -0.3 is 5.73 Å². The van der Waals surface area contributed by atoms with Crippen molar-refractivity contribution in [1.29, 1.82) is 0 Å². The highest BCUT2D eigenvalue weighted by molar-refractivity contribution is 5.32. The predicted octanol–water partition coefficient (Wildman–Crippen LogP) is 4.40. The lowest BCUT2D eigenvalue weighted by molar-refractivity contribution is -0.140. The van der Waals surface area contributed by atoms with E-state index in [0.717, 1.165) is 23.3 Å². The first-order valence-electron chi connectivity index (χ1n) is 6.46. The Morgan fingerprint density at radius 3 is 2.33 bits per heavy atom. The number of hydrogen-bond acceptors (Lipinski definition) is 1. The van der Waals surface area contributed by atoms with Gasteiger partial charge in [0, 0.05) is 6.04 Å². The fourth-order valence-electron chi connectivity index (χ4n) is 2.19. The summed E-state index contributed by atoms with van der Waals surface area (Å²) in [4.78, 5) is 0. The number of hydrogen-bond donors (Lipinski definition) is 1. The lowest BCUT2D eigenvalue weighted by atomic mass is 9.96. The quantitative estimate of drug-likeness (QED) is 0.835. The van der Waals surface area contributed by atoms with E-state index < -0.39 is 23.6 Å². The molecule has 0 amide bonds. The van der Waals surface area contributed by atoms with E-state index in [-0.39, 0.29) is 0 Å². The van der Waals surface area contributed by atoms with Crippen molar-refractivity contribution in [2.24, 2.45) is 5.73 Å². The summed E-state index contributed by atoms with van der Waals surface area (Å²) < 4.78 is 51.1. The van der Waals surface area contributed by atoms with Crippen molar-refractivity contribution in [3.8, 4) is 0 Å². The van der Waals surface area contributed by atoms with Gasteiger partial charge in [0.05, 0.1) is 5.56 Å². The maximum Gasteiger partial charge on any atom is 0.419 e. The summed E-state index contributed by atoms with van der Waals surface area (Å²) in [6, 6.07) is 9.86. The molecule has 112 valence electrons. The molecule has 1 nitrogen and oxygen atoms in total. The molecule has 2 aromatic carbocycles. The minimum atomic E-state index is -4.69. The zero-order valence-electron chi connectivity index (χ0n) is 11.4. The minimum Gasteiger partial charge on any atom is -0.324 e. The molecule has 2 aromatic rings. The van der Waals surface area contributed by atoms with Crippen LogP contribution in [-0.4, -0.2) is 0 Å². The van der Waals surface area contributed by atoms with Gasteiger partial charge in [-0.1, -0.05) is 30.3 Å². The molecule has 2 rings (SSSR count). The van der Waals surface area contributed by atoms with Gasteiger partial charge in [0.1, 0.15) is 5.82 Å². The van der Waals surface area contributed by atoms with Crippen LogP contribution < -0.4 is 5.73 Å². The van der Waals surface area contributed by atoms with Gasteiger partial charge in [0.15, 0.2) is 0 Å². The fraction of sp³-hybridized carbons (Fsp3) is 0.250. The molecule has 0 aromatic heterocycles. The Labute approximate surface area is 120 Å². The molecule has 0 aliphatic carbocycles. The summed E-state index contributed by atoms with van der Waals surface area (Å²) >= 11 is 0. The molecular weight excluding hydrogens is 282 g/mol. The Kier molecular flexibility index (Phi) is 4.32. The molecule has 1 unspecified atom stereocenters. The normalized spacial score (nSPS) is 13.2. The van der Waals surface area contributed by atoms with Crippen molar-refractivity contribution in [3.63, 3.8) is 0 Å². The molecule has 0 saturated carbocycles. The summed E-state index contributed by atoms with van der Waals surface area (Å²) in [6.07, 6.45) is -4.25. The fourth-order valence-corrected chi connectivity index (χ4v) is 2.19. The number of nitrogens with two attached hydrogens (primary N) is 1. The van der Waals surface area contributed by atoms with Crippen LogP contribution >= 0.6 is 0 Å². The lowest BCUT2D eigenvalue weighted by Crippen LogP contribution is -2.16. The Morgan fingerprint density at radius 2 is 1.76 bits per heavy atom. The van der Waals surface area contributed by atoms with E-state index in [4.69, 9.17) is 5.73 Å². The molecule has 0 fully saturated rings. The van der Waals surface area contributed by atoms with Crippen LogP contribution in [0.2, 0.25) is 0 Å². The highest BCUT2D eigenvalue weighted by Gasteiger charge is 2.34. The molecular formula is C16H15F4N. The summed E-state index contributed by atoms with van der Waals surface area (Å²) in [5.41, 5.74) is 7.09. The second-order valence-electron chi connectivity index (χ2n) is 4.97. The molecule has 5 heteroatoms. The van der Waals surface area contributed by atoms with Gasteiger partial charge in [-0.05, 0) is 42.2 Å². The highest BCUT2D eigenvalue weighted by Crippen LogP contribution is 2.32. The smallest absolute Gasteiger partial charge is 0.324 e. The largest absolute Gasteiger partial charge is 0.419 e. The van der Waals surface area contributed by atoms with E-state index in [1.54, 1.807) is 0 Å². The number of rotatable bonds is 3. The van der Waals surface area contributed by atoms with Crippen LogP contribution in [0.25, 0.3) is 0 Å². The van der Waals surface area contributed by atoms with Crippen molar-refractivity contribution >= 4 is 0 Å². The number of alkyl halides is 3. The minimum absolute atomic E-state index is 0.351. The zero-order valence-corrected chi connectivity index (χ0v) is 11.4. The van der Waals surface area contributed by atoms with Crippen LogP contribution in [0.5, 0.6) is 0 Å². The standard InChI is InChI=1S/C16H15F4N/c1-10-4-2-3-5-11(10)9-15(21)12-6-7-13(14(17)8-12)16(18,19)20/h2-8,15H,9,21H2,1H3. The SMILES string of the molecule is Cc1ccccc1CC(N)c1ccc(C(F)(F)F)c(F)c1. The lowest BCUT2D eigenvalue weighted by Gasteiger charge is -2.15. The molecule has 0 saturated heterocycles. The van der Waals surface area contributed by atoms with Gasteiger partial charge in [0.25, 0.3) is 0 Å². The van der Waals surface area contributed by atoms with E-state index in [0.29, 0.717) is 12.0 Å². The molecule has 0 aliphatic heterocycles. The summed E-state index contributed by atoms with van der Waals surface area (Å²) in [5, 5.41) is 0. The third-order valence-electron chi connectivity index (χ3n) is 3.43. The number of halogens is 4. The van der Waals surface area contributed by atoms with E-state index in [1.165, 1.54) is 6.07 Å². The number of aryl methyl sites for hydroxylation is 1. The second-order valence-corrected chi connectivity index (χ2v) is 4.97. The maximum atomic E-state index is 13.5. The van der Waals surface area contributed by atoms with Crippen molar-refractivity contribution in [2.75, 3.05) is 0 Å². The molecule has 0 bridgehead atoms. The first kappa shape index (κ1) is 15.5. The van der Waals surface area contributed by atoms with Crippen molar-refractivity contribution < 1.29 is 17.6 Å². The predicted molar refractivity (Wildman–Crippen MR) is 73.2 cm³/mol. The molecule has 21 heavy (non-hydrogen) atoms. The molecule has 0 spiro atoms. The van der Waals surface area contributed by atoms with Crippen LogP contribution in [-0.2, 0) is 12.6 Å². The summed E-state index contributed by atoms with van der Waals surface area (Å²) in [5.74, 6) is -1.29. The number of benzene rings is 2. The molecule has 1 atom stereocenters. The third-order valence-corrected chi connectivity index (χ3v) is 3.43. The van der Waals surface area contributed by atoms with E-state index in [2.05, 4.69) is 0 Å². The average molecular weight is 297 g/mol. The van der Waals surface area contributed by atoms with Crippen LogP contribution in [0.15, 0.2) is 42.5 Å². The van der Waals surface area contributed by atoms with Crippen molar-refractivity contribution in [1.82, 2.24) is 0 Å². The van der Waals surface area contributed by atoms with Gasteiger partial charge in [-0.15, -0.1) is 0 Å². The first-order chi connectivity index (χ1) is 9.79. The topological polar surface area (TPSA) is 26.0 Å². The average Bonchev–Trinajstić information content (AvgIpc) is 2.39. The Balaban J connectivity index is 2.23. The molecule has 0 aliphatic rings. The van der Waals surface area contributed by atoms with Gasteiger partial charge in [-0.2, -0.15) is 13.2 Å². The third kappa shape index (κ3) is 3.61. The van der Waals surface area contributed by atoms with Crippen LogP contribution in [0.1, 0.15) is 28.3 Å². The van der Waals surface area contributed by atoms with Gasteiger partial charge >= 0.3 is 6.18 Å². The molecule has 0 heterocycles. The zero-order chi connectivity index (χ0) is 15.6. The van der Waals surface area contributed by atoms with Crippen molar-refractivity contribution in [3.05, 3.63) is 70.5 Å². The Morgan fingerprint density at radius 1 is 1.10 bits per heavy atom. The van der Waals surface area contributed by atoms with Gasteiger partial charge in [0.2, 0.25) is 0 Å². The summed E-state index contributed by atoms with van der Waals surface area (Å²) in [6.45, 7) is 1.93. The monoisotopic (exact) mass is 297 g/mol. The van der Waals surface area contributed by atoms with Crippen molar-refractivity contribution in [2.45, 2.75) is 25.6 Å². The van der Waals surface area contributed by atoms with E-state index in [1.807, 2.05) is 31.2 Å². The highest BCUT2D eigenvalue weighted by atomic mass is 19.4. The second kappa shape index (κ2) is 5.85. The van der Waals surface area contributed by atoms with Crippen LogP contribution in [0, 0.1) is 12.7 Å². The van der Waals surface area contributed by atoms with Crippen LogP contribution in [0.4, 0.5) is 17.6 Å². The first-order valence-corrected chi connectivity index (χ1v) is 6.46. The van der Waals surface area contributed by atoms with Crippen LogP contribution in [0.3, 0.4) is 0 Å². The Hall–Kier alpha value is -1.88. The Bertz CT molecular complexity index is 634. The van der Waals surface area contributed by atoms with E-state index in [9.17, 15) is 17.6 Å². The van der Waals surface area contributed by atoms with Gasteiger partial charge in [-0.25, -0.2) is 4.39 Å². The van der Waals surface area contributed by atoms with E-state index >= 15 is 0 Å². The molecule has 2 N–H and O–H groups in total. The van der Waals surface area contributed by atoms with Gasteiger partial charge in [-0.3, -0.25) is 0 Å². The maximum absolute atomic E-state index is 13.5.